The van der Waals surface area contributed by atoms with Crippen molar-refractivity contribution < 1.29 is 14.3 Å². The number of aromatic nitrogens is 1. The van der Waals surface area contributed by atoms with Crippen LogP contribution >= 0.6 is 0 Å². The lowest BCUT2D eigenvalue weighted by atomic mass is 10.1. The largest absolute Gasteiger partial charge is 0.452 e. The van der Waals surface area contributed by atoms with Crippen LogP contribution in [0.4, 0.5) is 0 Å². The molecule has 31 heavy (non-hydrogen) atoms. The van der Waals surface area contributed by atoms with Crippen molar-refractivity contribution >= 4 is 22.8 Å². The first-order chi connectivity index (χ1) is 15.0. The molecule has 1 aliphatic heterocycles. The highest BCUT2D eigenvalue weighted by Gasteiger charge is 2.23. The lowest BCUT2D eigenvalue weighted by Crippen LogP contribution is -2.49. The zero-order valence-corrected chi connectivity index (χ0v) is 18.0. The smallest absolute Gasteiger partial charge is 0.339 e. The molecule has 1 saturated heterocycles. The van der Waals surface area contributed by atoms with Gasteiger partial charge in [0.1, 0.15) is 0 Å². The molecular formula is C25H27N3O3. The molecule has 6 nitrogen and oxygen atoms in total. The summed E-state index contributed by atoms with van der Waals surface area (Å²) < 4.78 is 5.37. The molecule has 0 N–H and O–H groups in total. The van der Waals surface area contributed by atoms with Gasteiger partial charge in [0.25, 0.3) is 5.91 Å². The number of fused-ring (bicyclic) bond motifs is 1. The van der Waals surface area contributed by atoms with Crippen LogP contribution in [0.5, 0.6) is 0 Å². The highest BCUT2D eigenvalue weighted by molar-refractivity contribution is 6.04. The van der Waals surface area contributed by atoms with Crippen LogP contribution in [0.15, 0.2) is 54.6 Å². The standard InChI is InChI=1S/C25H27N3O3/c1-18-6-5-7-20(14-18)16-27-10-12-28(13-11-27)24(29)17-31-25(30)22-15-19(2)26-23-9-4-3-8-21(22)23/h3-9,14-15H,10-13,16-17H2,1-2H3. The van der Waals surface area contributed by atoms with Gasteiger partial charge in [0.15, 0.2) is 6.61 Å². The van der Waals surface area contributed by atoms with Crippen molar-refractivity contribution in [1.82, 2.24) is 14.8 Å². The topological polar surface area (TPSA) is 62.7 Å². The summed E-state index contributed by atoms with van der Waals surface area (Å²) in [5.74, 6) is -0.647. The number of ether oxygens (including phenoxy) is 1. The molecule has 0 atom stereocenters. The molecule has 4 rings (SSSR count). The molecule has 0 bridgehead atoms. The minimum absolute atomic E-state index is 0.154. The van der Waals surface area contributed by atoms with E-state index in [1.165, 1.54) is 11.1 Å². The number of nitrogens with zero attached hydrogens (tertiary/aromatic N) is 3. The van der Waals surface area contributed by atoms with Crippen molar-refractivity contribution in [2.24, 2.45) is 0 Å². The molecule has 0 radical (unpaired) electrons. The summed E-state index contributed by atoms with van der Waals surface area (Å²) in [4.78, 5) is 33.8. The van der Waals surface area contributed by atoms with Gasteiger partial charge in [0.2, 0.25) is 0 Å². The fourth-order valence-corrected chi connectivity index (χ4v) is 4.00. The number of hydrogen-bond donors (Lipinski definition) is 0. The van der Waals surface area contributed by atoms with Gasteiger partial charge in [-0.1, -0.05) is 48.0 Å². The lowest BCUT2D eigenvalue weighted by Gasteiger charge is -2.34. The minimum Gasteiger partial charge on any atom is -0.452 e. The summed E-state index contributed by atoms with van der Waals surface area (Å²) in [6.45, 7) is 7.46. The first kappa shape index (κ1) is 21.0. The van der Waals surface area contributed by atoms with Crippen molar-refractivity contribution in [3.05, 3.63) is 77.0 Å². The number of para-hydroxylation sites is 1. The first-order valence-electron chi connectivity index (χ1n) is 10.6. The molecule has 3 aromatic rings. The van der Waals surface area contributed by atoms with Gasteiger partial charge in [-0.3, -0.25) is 14.7 Å². The third kappa shape index (κ3) is 5.09. The number of amides is 1. The lowest BCUT2D eigenvalue weighted by molar-refractivity contribution is -0.136. The molecular weight excluding hydrogens is 390 g/mol. The van der Waals surface area contributed by atoms with E-state index in [-0.39, 0.29) is 12.5 Å². The van der Waals surface area contributed by atoms with Gasteiger partial charge >= 0.3 is 5.97 Å². The molecule has 0 spiro atoms. The van der Waals surface area contributed by atoms with Gasteiger partial charge in [0, 0.05) is 43.8 Å². The summed E-state index contributed by atoms with van der Waals surface area (Å²) in [5, 5.41) is 0.732. The summed E-state index contributed by atoms with van der Waals surface area (Å²) >= 11 is 0. The van der Waals surface area contributed by atoms with E-state index in [0.29, 0.717) is 18.7 Å². The maximum absolute atomic E-state index is 12.7. The van der Waals surface area contributed by atoms with Crippen molar-refractivity contribution in [1.29, 1.82) is 0 Å². The number of rotatable bonds is 5. The number of hydrogen-bond acceptors (Lipinski definition) is 5. The van der Waals surface area contributed by atoms with E-state index >= 15 is 0 Å². The zero-order valence-electron chi connectivity index (χ0n) is 18.0. The van der Waals surface area contributed by atoms with Crippen LogP contribution in [0.3, 0.4) is 0 Å². The van der Waals surface area contributed by atoms with Crippen molar-refractivity contribution in [2.75, 3.05) is 32.8 Å². The predicted molar refractivity (Wildman–Crippen MR) is 120 cm³/mol. The van der Waals surface area contributed by atoms with Gasteiger partial charge in [-0.15, -0.1) is 0 Å². The molecule has 1 fully saturated rings. The Morgan fingerprint density at radius 2 is 1.74 bits per heavy atom. The van der Waals surface area contributed by atoms with E-state index in [4.69, 9.17) is 4.74 Å². The normalized spacial score (nSPS) is 14.6. The Hall–Kier alpha value is -3.25. The van der Waals surface area contributed by atoms with Crippen molar-refractivity contribution in [3.63, 3.8) is 0 Å². The van der Waals surface area contributed by atoms with E-state index in [0.717, 1.165) is 36.2 Å². The second-order valence-corrected chi connectivity index (χ2v) is 8.05. The van der Waals surface area contributed by atoms with Crippen LogP contribution in [0.2, 0.25) is 0 Å². The van der Waals surface area contributed by atoms with Crippen LogP contribution in [0, 0.1) is 13.8 Å². The predicted octanol–water partition coefficient (Wildman–Crippen LogP) is 3.35. The van der Waals surface area contributed by atoms with Crippen molar-refractivity contribution in [2.45, 2.75) is 20.4 Å². The Balaban J connectivity index is 1.30. The molecule has 6 heteroatoms. The van der Waals surface area contributed by atoms with Crippen LogP contribution in [0.25, 0.3) is 10.9 Å². The fraction of sp³-hybridized carbons (Fsp3) is 0.320. The van der Waals surface area contributed by atoms with Crippen LogP contribution in [-0.4, -0.2) is 59.4 Å². The van der Waals surface area contributed by atoms with Gasteiger partial charge < -0.3 is 9.64 Å². The molecule has 0 unspecified atom stereocenters. The van der Waals surface area contributed by atoms with Crippen LogP contribution in [0.1, 0.15) is 27.2 Å². The Morgan fingerprint density at radius 3 is 2.52 bits per heavy atom. The van der Waals surface area contributed by atoms with Gasteiger partial charge in [-0.05, 0) is 31.5 Å². The molecule has 2 aromatic carbocycles. The summed E-state index contributed by atoms with van der Waals surface area (Å²) in [6.07, 6.45) is 0. The Morgan fingerprint density at radius 1 is 0.968 bits per heavy atom. The molecule has 1 aromatic heterocycles. The van der Waals surface area contributed by atoms with E-state index in [9.17, 15) is 9.59 Å². The average Bonchev–Trinajstić information content (AvgIpc) is 2.77. The quantitative estimate of drug-likeness (QED) is 0.596. The molecule has 1 aliphatic rings. The van der Waals surface area contributed by atoms with Gasteiger partial charge in [0.05, 0.1) is 11.1 Å². The van der Waals surface area contributed by atoms with E-state index < -0.39 is 5.97 Å². The molecule has 160 valence electrons. The molecule has 2 heterocycles. The number of carbonyl (C=O) groups excluding carboxylic acids is 2. The summed E-state index contributed by atoms with van der Waals surface area (Å²) in [6, 6.07) is 17.6. The van der Waals surface area contributed by atoms with E-state index in [1.54, 1.807) is 11.0 Å². The number of carbonyl (C=O) groups is 2. The number of pyridine rings is 1. The van der Waals surface area contributed by atoms with Gasteiger partial charge in [-0.2, -0.15) is 0 Å². The average molecular weight is 418 g/mol. The number of esters is 1. The van der Waals surface area contributed by atoms with E-state index in [1.807, 2.05) is 31.2 Å². The minimum atomic E-state index is -0.492. The molecule has 1 amide bonds. The zero-order chi connectivity index (χ0) is 21.8. The van der Waals surface area contributed by atoms with Crippen LogP contribution in [-0.2, 0) is 16.1 Å². The third-order valence-corrected chi connectivity index (χ3v) is 5.60. The fourth-order valence-electron chi connectivity index (χ4n) is 4.00. The summed E-state index contributed by atoms with van der Waals surface area (Å²) in [5.41, 5.74) is 4.46. The number of benzene rings is 2. The Kier molecular flexibility index (Phi) is 6.28. The van der Waals surface area contributed by atoms with Crippen LogP contribution < -0.4 is 0 Å². The second-order valence-electron chi connectivity index (χ2n) is 8.05. The highest BCUT2D eigenvalue weighted by atomic mass is 16.5. The molecule has 0 saturated carbocycles. The summed E-state index contributed by atoms with van der Waals surface area (Å²) in [7, 11) is 0. The molecule has 0 aliphatic carbocycles. The monoisotopic (exact) mass is 417 g/mol. The maximum Gasteiger partial charge on any atom is 0.339 e. The Bertz CT molecular complexity index is 1100. The Labute approximate surface area is 182 Å². The number of aryl methyl sites for hydroxylation is 2. The second kappa shape index (κ2) is 9.27. The van der Waals surface area contributed by atoms with E-state index in [2.05, 4.69) is 41.1 Å². The van der Waals surface area contributed by atoms with Crippen molar-refractivity contribution in [3.8, 4) is 0 Å². The SMILES string of the molecule is Cc1cccc(CN2CCN(C(=O)COC(=O)c3cc(C)nc4ccccc34)CC2)c1. The maximum atomic E-state index is 12.7. The third-order valence-electron chi connectivity index (χ3n) is 5.60. The van der Waals surface area contributed by atoms with Gasteiger partial charge in [-0.25, -0.2) is 4.79 Å². The highest BCUT2D eigenvalue weighted by Crippen LogP contribution is 2.19. The first-order valence-corrected chi connectivity index (χ1v) is 10.6. The number of piperazine rings is 1.